The zero-order chi connectivity index (χ0) is 14.5. The summed E-state index contributed by atoms with van der Waals surface area (Å²) in [6.45, 7) is 3.65. The number of ether oxygens (including phenoxy) is 1. The van der Waals surface area contributed by atoms with Crippen LogP contribution < -0.4 is 0 Å². The number of alkyl halides is 3. The van der Waals surface area contributed by atoms with Gasteiger partial charge in [-0.15, -0.1) is 0 Å². The summed E-state index contributed by atoms with van der Waals surface area (Å²) in [5, 5.41) is 0. The van der Waals surface area contributed by atoms with Gasteiger partial charge in [0.1, 0.15) is 0 Å². The number of aryl methyl sites for hydroxylation is 1. The van der Waals surface area contributed by atoms with Gasteiger partial charge in [0.2, 0.25) is 0 Å². The molecule has 0 heterocycles. The lowest BCUT2D eigenvalue weighted by molar-refractivity contribution is -0.143. The molecular weight excluding hydrogens is 277 g/mol. The number of thioether (sulfide) groups is 1. The highest BCUT2D eigenvalue weighted by Gasteiger charge is 2.30. The zero-order valence-corrected chi connectivity index (χ0v) is 11.5. The van der Waals surface area contributed by atoms with Crippen molar-refractivity contribution in [3.8, 4) is 0 Å². The van der Waals surface area contributed by atoms with E-state index < -0.39 is 5.51 Å². The Morgan fingerprint density at radius 2 is 2.05 bits per heavy atom. The highest BCUT2D eigenvalue weighted by atomic mass is 32.2. The first kappa shape index (κ1) is 15.9. The largest absolute Gasteiger partial charge is 0.466 e. The summed E-state index contributed by atoms with van der Waals surface area (Å²) in [5.74, 6) is -0.337. The van der Waals surface area contributed by atoms with Crippen LogP contribution in [0.25, 0.3) is 0 Å². The molecule has 0 bridgehead atoms. The first-order chi connectivity index (χ1) is 8.83. The van der Waals surface area contributed by atoms with E-state index in [1.54, 1.807) is 26.0 Å². The second-order valence-corrected chi connectivity index (χ2v) is 5.00. The summed E-state index contributed by atoms with van der Waals surface area (Å²) in [7, 11) is 0. The number of hydrogen-bond donors (Lipinski definition) is 0. The molecule has 6 heteroatoms. The molecule has 1 aromatic rings. The van der Waals surface area contributed by atoms with Crippen molar-refractivity contribution in [3.63, 3.8) is 0 Å². The lowest BCUT2D eigenvalue weighted by atomic mass is 10.0. The van der Waals surface area contributed by atoms with Crippen molar-refractivity contribution in [2.75, 3.05) is 6.61 Å². The molecule has 0 saturated heterocycles. The highest BCUT2D eigenvalue weighted by molar-refractivity contribution is 8.00. The number of hydrogen-bond acceptors (Lipinski definition) is 3. The van der Waals surface area contributed by atoms with E-state index in [-0.39, 0.29) is 29.0 Å². The lowest BCUT2D eigenvalue weighted by Crippen LogP contribution is -2.06. The Morgan fingerprint density at radius 1 is 1.37 bits per heavy atom. The average Bonchev–Trinajstić information content (AvgIpc) is 2.29. The van der Waals surface area contributed by atoms with Crippen LogP contribution in [0.1, 0.15) is 24.5 Å². The molecule has 0 aliphatic rings. The summed E-state index contributed by atoms with van der Waals surface area (Å²) >= 11 is -0.130. The number of esters is 1. The Hall–Kier alpha value is -1.17. The molecule has 0 N–H and O–H groups in total. The van der Waals surface area contributed by atoms with Crippen LogP contribution in [-0.4, -0.2) is 18.1 Å². The normalized spacial score (nSPS) is 11.4. The number of carbonyl (C=O) groups excluding carboxylic acids is 1. The van der Waals surface area contributed by atoms with Crippen molar-refractivity contribution in [2.24, 2.45) is 0 Å². The molecule has 1 aromatic carbocycles. The standard InChI is InChI=1S/C13H15F3O2S/c1-3-18-12(17)8-7-10-5-4-6-11(9(10)2)19-13(14,15)16/h4-6H,3,7-8H2,1-2H3. The number of benzene rings is 1. The van der Waals surface area contributed by atoms with Gasteiger partial charge in [-0.1, -0.05) is 12.1 Å². The quantitative estimate of drug-likeness (QED) is 0.603. The third-order valence-electron chi connectivity index (χ3n) is 2.53. The number of halogens is 3. The average molecular weight is 292 g/mol. The van der Waals surface area contributed by atoms with Crippen molar-refractivity contribution < 1.29 is 22.7 Å². The van der Waals surface area contributed by atoms with Crippen LogP contribution in [-0.2, 0) is 16.0 Å². The van der Waals surface area contributed by atoms with Gasteiger partial charge in [-0.3, -0.25) is 4.79 Å². The van der Waals surface area contributed by atoms with E-state index in [2.05, 4.69) is 0 Å². The van der Waals surface area contributed by atoms with Crippen LogP contribution in [0.15, 0.2) is 23.1 Å². The number of carbonyl (C=O) groups is 1. The Kier molecular flexibility index (Phi) is 5.72. The van der Waals surface area contributed by atoms with Crippen molar-refractivity contribution in [1.82, 2.24) is 0 Å². The molecule has 0 fully saturated rings. The predicted molar refractivity (Wildman–Crippen MR) is 68.0 cm³/mol. The maximum Gasteiger partial charge on any atom is 0.446 e. The van der Waals surface area contributed by atoms with Crippen molar-refractivity contribution >= 4 is 17.7 Å². The zero-order valence-electron chi connectivity index (χ0n) is 10.7. The molecule has 0 atom stereocenters. The summed E-state index contributed by atoms with van der Waals surface area (Å²) in [5.41, 5.74) is -3.00. The van der Waals surface area contributed by atoms with Crippen LogP contribution in [0.2, 0.25) is 0 Å². The van der Waals surface area contributed by atoms with Crippen molar-refractivity contribution in [2.45, 2.75) is 37.1 Å². The van der Waals surface area contributed by atoms with Crippen molar-refractivity contribution in [3.05, 3.63) is 29.3 Å². The van der Waals surface area contributed by atoms with Gasteiger partial charge in [-0.25, -0.2) is 0 Å². The van der Waals surface area contributed by atoms with Gasteiger partial charge in [0.05, 0.1) is 6.61 Å². The van der Waals surface area contributed by atoms with Crippen LogP contribution in [0, 0.1) is 6.92 Å². The molecule has 0 aliphatic heterocycles. The predicted octanol–water partition coefficient (Wildman–Crippen LogP) is 4.10. The molecule has 0 aliphatic carbocycles. The van der Waals surface area contributed by atoms with Crippen molar-refractivity contribution in [1.29, 1.82) is 0 Å². The van der Waals surface area contributed by atoms with E-state index >= 15 is 0 Å². The van der Waals surface area contributed by atoms with Gasteiger partial charge in [-0.05, 0) is 49.2 Å². The summed E-state index contributed by atoms with van der Waals surface area (Å²) < 4.78 is 41.9. The van der Waals surface area contributed by atoms with E-state index in [1.165, 1.54) is 6.07 Å². The highest BCUT2D eigenvalue weighted by Crippen LogP contribution is 2.39. The molecular formula is C13H15F3O2S. The van der Waals surface area contributed by atoms with Gasteiger partial charge in [0.15, 0.2) is 0 Å². The minimum atomic E-state index is -4.30. The smallest absolute Gasteiger partial charge is 0.446 e. The van der Waals surface area contributed by atoms with Gasteiger partial charge >= 0.3 is 11.5 Å². The van der Waals surface area contributed by atoms with E-state index in [0.29, 0.717) is 18.6 Å². The minimum Gasteiger partial charge on any atom is -0.466 e. The van der Waals surface area contributed by atoms with Gasteiger partial charge in [-0.2, -0.15) is 13.2 Å². The Balaban J connectivity index is 2.75. The van der Waals surface area contributed by atoms with Crippen LogP contribution in [0.3, 0.4) is 0 Å². The molecule has 0 spiro atoms. The molecule has 0 amide bonds. The SMILES string of the molecule is CCOC(=O)CCc1cccc(SC(F)(F)F)c1C. The third kappa shape index (κ3) is 5.55. The second-order valence-electron chi connectivity index (χ2n) is 3.89. The first-order valence-electron chi connectivity index (χ1n) is 5.83. The van der Waals surface area contributed by atoms with E-state index in [4.69, 9.17) is 4.74 Å². The molecule has 2 nitrogen and oxygen atoms in total. The molecule has 0 unspecified atom stereocenters. The molecule has 0 radical (unpaired) electrons. The van der Waals surface area contributed by atoms with Crippen LogP contribution in [0.4, 0.5) is 13.2 Å². The van der Waals surface area contributed by atoms with E-state index in [9.17, 15) is 18.0 Å². The lowest BCUT2D eigenvalue weighted by Gasteiger charge is -2.12. The van der Waals surface area contributed by atoms with Gasteiger partial charge < -0.3 is 4.74 Å². The summed E-state index contributed by atoms with van der Waals surface area (Å²) in [6, 6.07) is 4.73. The molecule has 1 rings (SSSR count). The maximum atomic E-state index is 12.4. The Morgan fingerprint density at radius 3 is 2.63 bits per heavy atom. The molecule has 19 heavy (non-hydrogen) atoms. The first-order valence-corrected chi connectivity index (χ1v) is 6.65. The van der Waals surface area contributed by atoms with Crippen LogP contribution >= 0.6 is 11.8 Å². The third-order valence-corrected chi connectivity index (χ3v) is 3.42. The monoisotopic (exact) mass is 292 g/mol. The molecule has 0 saturated carbocycles. The van der Waals surface area contributed by atoms with E-state index in [0.717, 1.165) is 5.56 Å². The molecule has 106 valence electrons. The molecule has 0 aromatic heterocycles. The summed E-state index contributed by atoms with van der Waals surface area (Å²) in [4.78, 5) is 11.4. The summed E-state index contributed by atoms with van der Waals surface area (Å²) in [6.07, 6.45) is 0.561. The van der Waals surface area contributed by atoms with Gasteiger partial charge in [0, 0.05) is 11.3 Å². The van der Waals surface area contributed by atoms with Crippen LogP contribution in [0.5, 0.6) is 0 Å². The van der Waals surface area contributed by atoms with E-state index in [1.807, 2.05) is 0 Å². The minimum absolute atomic E-state index is 0.130. The maximum absolute atomic E-state index is 12.4. The fraction of sp³-hybridized carbons (Fsp3) is 0.462. The Labute approximate surface area is 114 Å². The van der Waals surface area contributed by atoms with Gasteiger partial charge in [0.25, 0.3) is 0 Å². The topological polar surface area (TPSA) is 26.3 Å². The number of rotatable bonds is 5. The second kappa shape index (κ2) is 6.84. The fourth-order valence-corrected chi connectivity index (χ4v) is 2.32. The Bertz CT molecular complexity index is 444. The fourth-order valence-electron chi connectivity index (χ4n) is 1.64.